The number of aliphatic carboxylic acids is 1. The van der Waals surface area contributed by atoms with Crippen LogP contribution < -0.4 is 5.32 Å². The number of nitrogens with one attached hydrogen (secondary N) is 1. The predicted molar refractivity (Wildman–Crippen MR) is 76.7 cm³/mol. The largest absolute Gasteiger partial charge is 0.480 e. The number of hydrogen-bond donors (Lipinski definition) is 2. The number of aromatic nitrogens is 2. The van der Waals surface area contributed by atoms with E-state index < -0.39 is 11.5 Å². The molecule has 0 bridgehead atoms. The Morgan fingerprint density at radius 1 is 1.40 bits per heavy atom. The highest BCUT2D eigenvalue weighted by Gasteiger charge is 2.53. The van der Waals surface area contributed by atoms with Crippen molar-refractivity contribution in [3.05, 3.63) is 18.0 Å². The first kappa shape index (κ1) is 13.8. The topological polar surface area (TPSA) is 75.1 Å². The molecular weight excluding hydrogens is 274 g/mol. The lowest BCUT2D eigenvalue weighted by molar-refractivity contribution is -0.145. The summed E-state index contributed by atoms with van der Waals surface area (Å²) >= 11 is 1.44. The maximum absolute atomic E-state index is 11.8. The van der Waals surface area contributed by atoms with Crippen molar-refractivity contribution in [2.45, 2.75) is 49.3 Å². The number of aryl methyl sites for hydroxylation is 1. The summed E-state index contributed by atoms with van der Waals surface area (Å²) in [6.45, 7) is 1.94. The van der Waals surface area contributed by atoms with Gasteiger partial charge < -0.3 is 5.11 Å². The summed E-state index contributed by atoms with van der Waals surface area (Å²) in [7, 11) is 0. The van der Waals surface area contributed by atoms with Gasteiger partial charge in [0.2, 0.25) is 0 Å². The van der Waals surface area contributed by atoms with Crippen molar-refractivity contribution in [3.63, 3.8) is 0 Å². The molecular formula is C14H19N3O2S. The third-order valence-electron chi connectivity index (χ3n) is 3.88. The summed E-state index contributed by atoms with van der Waals surface area (Å²) in [5.41, 5.74) is 0.206. The van der Waals surface area contributed by atoms with Crippen LogP contribution in [0.3, 0.4) is 0 Å². The van der Waals surface area contributed by atoms with E-state index in [2.05, 4.69) is 15.3 Å². The molecule has 1 atom stereocenters. The van der Waals surface area contributed by atoms with E-state index >= 15 is 0 Å². The van der Waals surface area contributed by atoms with E-state index in [1.54, 1.807) is 12.4 Å². The van der Waals surface area contributed by atoms with E-state index in [-0.39, 0.29) is 5.92 Å². The predicted octanol–water partition coefficient (Wildman–Crippen LogP) is 1.86. The fourth-order valence-corrected chi connectivity index (χ4v) is 3.43. The molecule has 2 aliphatic rings. The zero-order valence-electron chi connectivity index (χ0n) is 11.5. The molecule has 2 saturated carbocycles. The van der Waals surface area contributed by atoms with Crippen molar-refractivity contribution in [1.29, 1.82) is 0 Å². The molecule has 2 N–H and O–H groups in total. The number of carboxylic acid groups (broad SMARTS) is 1. The van der Waals surface area contributed by atoms with Gasteiger partial charge in [-0.05, 0) is 44.1 Å². The molecule has 0 spiro atoms. The van der Waals surface area contributed by atoms with Gasteiger partial charge in [0.25, 0.3) is 0 Å². The number of nitrogens with zero attached hydrogens (tertiary/aromatic N) is 2. The molecule has 1 aromatic heterocycles. The number of carboxylic acids is 1. The minimum absolute atomic E-state index is 0.249. The van der Waals surface area contributed by atoms with Crippen LogP contribution in [0.2, 0.25) is 0 Å². The lowest BCUT2D eigenvalue weighted by Gasteiger charge is -2.30. The van der Waals surface area contributed by atoms with Crippen LogP contribution in [0.25, 0.3) is 0 Å². The van der Waals surface area contributed by atoms with E-state index in [9.17, 15) is 9.90 Å². The van der Waals surface area contributed by atoms with Crippen LogP contribution in [0.15, 0.2) is 17.6 Å². The number of rotatable bonds is 7. The van der Waals surface area contributed by atoms with Gasteiger partial charge in [-0.25, -0.2) is 9.97 Å². The van der Waals surface area contributed by atoms with E-state index in [1.165, 1.54) is 11.8 Å². The molecule has 5 nitrogen and oxygen atoms in total. The Bertz CT molecular complexity index is 500. The van der Waals surface area contributed by atoms with Crippen molar-refractivity contribution in [3.8, 4) is 0 Å². The molecule has 20 heavy (non-hydrogen) atoms. The number of carbonyl (C=O) groups is 1. The molecule has 1 aromatic rings. The molecule has 0 aromatic carbocycles. The van der Waals surface area contributed by atoms with E-state index in [0.29, 0.717) is 17.0 Å². The fraction of sp³-hybridized carbons (Fsp3) is 0.643. The maximum Gasteiger partial charge on any atom is 0.325 e. The van der Waals surface area contributed by atoms with Gasteiger partial charge in [0, 0.05) is 24.2 Å². The Hall–Kier alpha value is -1.14. The van der Waals surface area contributed by atoms with Gasteiger partial charge in [-0.2, -0.15) is 0 Å². The first-order chi connectivity index (χ1) is 9.60. The third-order valence-corrected chi connectivity index (χ3v) is 4.95. The molecule has 0 saturated heterocycles. The molecule has 0 aliphatic heterocycles. The Balaban J connectivity index is 1.71. The van der Waals surface area contributed by atoms with Crippen molar-refractivity contribution < 1.29 is 9.90 Å². The van der Waals surface area contributed by atoms with Crippen LogP contribution in [0, 0.1) is 12.8 Å². The lowest BCUT2D eigenvalue weighted by atomic mass is 9.95. The monoisotopic (exact) mass is 293 g/mol. The quantitative estimate of drug-likeness (QED) is 0.590. The fourth-order valence-electron chi connectivity index (χ4n) is 2.38. The second-order valence-corrected chi connectivity index (χ2v) is 6.74. The molecule has 0 amide bonds. The summed E-state index contributed by atoms with van der Waals surface area (Å²) in [6.07, 6.45) is 7.72. The second-order valence-electron chi connectivity index (χ2n) is 5.80. The van der Waals surface area contributed by atoms with E-state index in [1.807, 2.05) is 6.92 Å². The molecule has 3 rings (SSSR count). The summed E-state index contributed by atoms with van der Waals surface area (Å²) in [4.78, 5) is 20.3. The van der Waals surface area contributed by atoms with Crippen LogP contribution in [-0.4, -0.2) is 38.4 Å². The Morgan fingerprint density at radius 3 is 2.55 bits per heavy atom. The van der Waals surface area contributed by atoms with Crippen molar-refractivity contribution in [2.75, 3.05) is 5.75 Å². The van der Waals surface area contributed by atoms with Crippen molar-refractivity contribution in [2.24, 2.45) is 5.92 Å². The second kappa shape index (κ2) is 5.33. The highest BCUT2D eigenvalue weighted by Crippen LogP contribution is 2.44. The van der Waals surface area contributed by atoms with Gasteiger partial charge >= 0.3 is 5.97 Å². The van der Waals surface area contributed by atoms with Crippen LogP contribution >= 0.6 is 11.8 Å². The highest BCUT2D eigenvalue weighted by molar-refractivity contribution is 7.99. The van der Waals surface area contributed by atoms with Crippen LogP contribution in [0.5, 0.6) is 0 Å². The maximum atomic E-state index is 11.8. The average Bonchev–Trinajstić information content (AvgIpc) is 3.28. The molecule has 0 radical (unpaired) electrons. The Morgan fingerprint density at radius 2 is 2.05 bits per heavy atom. The smallest absolute Gasteiger partial charge is 0.325 e. The van der Waals surface area contributed by atoms with Crippen molar-refractivity contribution in [1.82, 2.24) is 15.3 Å². The third kappa shape index (κ3) is 2.96. The zero-order valence-corrected chi connectivity index (χ0v) is 12.3. The summed E-state index contributed by atoms with van der Waals surface area (Å²) in [5, 5.41) is 13.7. The zero-order chi connectivity index (χ0) is 14.2. The number of hydrogen-bond acceptors (Lipinski definition) is 5. The summed E-state index contributed by atoms with van der Waals surface area (Å²) in [6, 6.07) is 0.381. The molecule has 1 unspecified atom stereocenters. The van der Waals surface area contributed by atoms with Gasteiger partial charge in [-0.3, -0.25) is 10.1 Å². The first-order valence-electron chi connectivity index (χ1n) is 7.03. The van der Waals surface area contributed by atoms with Crippen LogP contribution in [0.4, 0.5) is 0 Å². The Labute approximate surface area is 122 Å². The van der Waals surface area contributed by atoms with E-state index in [0.717, 1.165) is 31.2 Å². The Kier molecular flexibility index (Phi) is 3.69. The van der Waals surface area contributed by atoms with Gasteiger partial charge in [-0.15, -0.1) is 0 Å². The van der Waals surface area contributed by atoms with Crippen LogP contribution in [-0.2, 0) is 4.79 Å². The molecule has 1 heterocycles. The standard InChI is InChI=1S/C14H19N3O2S/c1-9-6-15-13(16-7-9)20-8-14(12(18)19,10-2-3-10)17-11-4-5-11/h6-7,10-11,17H,2-5,8H2,1H3,(H,18,19). The van der Waals surface area contributed by atoms with Gasteiger partial charge in [0.15, 0.2) is 5.16 Å². The SMILES string of the molecule is Cc1cnc(SCC(NC2CC2)(C(=O)O)C2CC2)nc1. The van der Waals surface area contributed by atoms with Gasteiger partial charge in [-0.1, -0.05) is 11.8 Å². The molecule has 2 aliphatic carbocycles. The summed E-state index contributed by atoms with van der Waals surface area (Å²) < 4.78 is 0. The lowest BCUT2D eigenvalue weighted by Crippen LogP contribution is -2.57. The highest BCUT2D eigenvalue weighted by atomic mass is 32.2. The van der Waals surface area contributed by atoms with Gasteiger partial charge in [0.05, 0.1) is 0 Å². The summed E-state index contributed by atoms with van der Waals surface area (Å²) in [5.74, 6) is 0.0112. The molecule has 2 fully saturated rings. The minimum Gasteiger partial charge on any atom is -0.480 e. The first-order valence-corrected chi connectivity index (χ1v) is 8.01. The molecule has 108 valence electrons. The minimum atomic E-state index is -0.805. The van der Waals surface area contributed by atoms with E-state index in [4.69, 9.17) is 0 Å². The molecule has 6 heteroatoms. The average molecular weight is 293 g/mol. The number of thioether (sulfide) groups is 1. The van der Waals surface area contributed by atoms with Crippen LogP contribution in [0.1, 0.15) is 31.2 Å². The normalized spacial score (nSPS) is 21.4. The van der Waals surface area contributed by atoms with Crippen molar-refractivity contribution >= 4 is 17.7 Å². The van der Waals surface area contributed by atoms with Gasteiger partial charge in [0.1, 0.15) is 5.54 Å².